The summed E-state index contributed by atoms with van der Waals surface area (Å²) in [6.07, 6.45) is 6.34. The van der Waals surface area contributed by atoms with Crippen molar-refractivity contribution in [3.05, 3.63) is 11.6 Å². The van der Waals surface area contributed by atoms with E-state index >= 15 is 0 Å². The monoisotopic (exact) mass is 495 g/mol. The van der Waals surface area contributed by atoms with Crippen LogP contribution < -0.4 is 5.32 Å². The molecule has 0 heterocycles. The van der Waals surface area contributed by atoms with E-state index in [0.717, 1.165) is 37.7 Å². The Balaban J connectivity index is 2.03. The standard InChI is InChI=1S/C27H45NO5S/c1-6-7-23(32)28-15-19-8-9-20-26(16-29,22(31)14-19)13-12-25(5)24(3,4)21(30)10-11-27(20,25)17-33-18(2)34/h14,20-22,29-31H,6-13,15-17H2,1-5H3,(H,28,32). The molecule has 2 fully saturated rings. The molecule has 6 unspecified atom stereocenters. The van der Waals surface area contributed by atoms with E-state index in [0.29, 0.717) is 37.5 Å². The predicted molar refractivity (Wildman–Crippen MR) is 137 cm³/mol. The molecule has 2 saturated carbocycles. The van der Waals surface area contributed by atoms with Crippen LogP contribution in [0.3, 0.4) is 0 Å². The number of hydrogen-bond donors (Lipinski definition) is 4. The van der Waals surface area contributed by atoms with Crippen molar-refractivity contribution in [1.82, 2.24) is 5.32 Å². The van der Waals surface area contributed by atoms with Crippen LogP contribution in [0.25, 0.3) is 0 Å². The van der Waals surface area contributed by atoms with Gasteiger partial charge in [-0.2, -0.15) is 0 Å². The first-order chi connectivity index (χ1) is 15.9. The lowest BCUT2D eigenvalue weighted by molar-refractivity contribution is -0.264. The van der Waals surface area contributed by atoms with E-state index in [4.69, 9.17) is 17.0 Å². The molecule has 3 rings (SSSR count). The second kappa shape index (κ2) is 10.2. The third-order valence-electron chi connectivity index (χ3n) is 10.2. The molecule has 0 aromatic rings. The molecule has 0 aromatic carbocycles. The summed E-state index contributed by atoms with van der Waals surface area (Å²) < 4.78 is 6.10. The molecule has 6 atom stereocenters. The molecule has 0 aliphatic heterocycles. The number of hydrogen-bond acceptors (Lipinski definition) is 6. The fraction of sp³-hybridized carbons (Fsp3) is 0.852. The van der Waals surface area contributed by atoms with Gasteiger partial charge in [-0.05, 0) is 73.9 Å². The molecule has 0 aromatic heterocycles. The summed E-state index contributed by atoms with van der Waals surface area (Å²) in [5.41, 5.74) is -0.644. The highest BCUT2D eigenvalue weighted by atomic mass is 32.1. The van der Waals surface area contributed by atoms with Crippen molar-refractivity contribution < 1.29 is 24.9 Å². The lowest BCUT2D eigenvalue weighted by Crippen LogP contribution is -2.69. The van der Waals surface area contributed by atoms with Crippen LogP contribution in [-0.4, -0.2) is 58.2 Å². The highest BCUT2D eigenvalue weighted by Crippen LogP contribution is 2.72. The number of ether oxygens (including phenoxy) is 1. The van der Waals surface area contributed by atoms with Gasteiger partial charge in [0, 0.05) is 30.7 Å². The van der Waals surface area contributed by atoms with Crippen LogP contribution in [0.15, 0.2) is 11.6 Å². The van der Waals surface area contributed by atoms with Gasteiger partial charge in [0.15, 0.2) is 5.05 Å². The minimum atomic E-state index is -0.812. The zero-order chi connectivity index (χ0) is 25.4. The molecule has 0 bridgehead atoms. The number of aliphatic hydroxyl groups is 3. The molecule has 7 heteroatoms. The highest BCUT2D eigenvalue weighted by Gasteiger charge is 2.70. The topological polar surface area (TPSA) is 99.0 Å². The van der Waals surface area contributed by atoms with E-state index in [2.05, 4.69) is 26.1 Å². The van der Waals surface area contributed by atoms with Crippen LogP contribution in [0.4, 0.5) is 0 Å². The van der Waals surface area contributed by atoms with Gasteiger partial charge in [-0.1, -0.05) is 39.3 Å². The van der Waals surface area contributed by atoms with Crippen LogP contribution in [0.1, 0.15) is 86.0 Å². The average Bonchev–Trinajstić information content (AvgIpc) is 2.92. The largest absolute Gasteiger partial charge is 0.487 e. The number of thiocarbonyl (C=S) groups is 1. The molecule has 6 nitrogen and oxygen atoms in total. The van der Waals surface area contributed by atoms with Crippen molar-refractivity contribution in [3.63, 3.8) is 0 Å². The first kappa shape index (κ1) is 27.6. The Kier molecular flexibility index (Phi) is 8.23. The molecule has 194 valence electrons. The lowest BCUT2D eigenvalue weighted by atomic mass is 9.35. The van der Waals surface area contributed by atoms with Crippen LogP contribution in [0.5, 0.6) is 0 Å². The Hall–Kier alpha value is -1.02. The van der Waals surface area contributed by atoms with Gasteiger partial charge in [0.1, 0.15) is 0 Å². The number of fused-ring (bicyclic) bond motifs is 3. The third kappa shape index (κ3) is 4.35. The maximum atomic E-state index is 12.1. The normalized spacial score (nSPS) is 39.2. The number of amides is 1. The van der Waals surface area contributed by atoms with Crippen LogP contribution in [-0.2, 0) is 9.53 Å². The van der Waals surface area contributed by atoms with Crippen molar-refractivity contribution in [3.8, 4) is 0 Å². The van der Waals surface area contributed by atoms with Crippen molar-refractivity contribution in [1.29, 1.82) is 0 Å². The molecule has 0 spiro atoms. The van der Waals surface area contributed by atoms with Gasteiger partial charge in [-0.3, -0.25) is 4.79 Å². The van der Waals surface area contributed by atoms with Gasteiger partial charge >= 0.3 is 0 Å². The van der Waals surface area contributed by atoms with E-state index in [-0.39, 0.29) is 34.7 Å². The molecular weight excluding hydrogens is 450 g/mol. The van der Waals surface area contributed by atoms with Crippen molar-refractivity contribution in [2.45, 2.75) is 98.2 Å². The van der Waals surface area contributed by atoms with Crippen LogP contribution in [0, 0.1) is 27.6 Å². The Bertz CT molecular complexity index is 813. The van der Waals surface area contributed by atoms with Crippen molar-refractivity contribution in [2.24, 2.45) is 27.6 Å². The average molecular weight is 496 g/mol. The minimum absolute atomic E-state index is 0.0139. The Morgan fingerprint density at radius 2 is 1.91 bits per heavy atom. The van der Waals surface area contributed by atoms with Gasteiger partial charge < -0.3 is 25.4 Å². The van der Waals surface area contributed by atoms with Crippen LogP contribution in [0.2, 0.25) is 0 Å². The molecule has 1 amide bonds. The zero-order valence-corrected chi connectivity index (χ0v) is 22.5. The molecule has 0 radical (unpaired) electrons. The molecule has 3 aliphatic carbocycles. The van der Waals surface area contributed by atoms with E-state index in [1.165, 1.54) is 0 Å². The maximum absolute atomic E-state index is 12.1. The summed E-state index contributed by atoms with van der Waals surface area (Å²) >= 11 is 5.30. The maximum Gasteiger partial charge on any atom is 0.220 e. The highest BCUT2D eigenvalue weighted by molar-refractivity contribution is 7.80. The van der Waals surface area contributed by atoms with E-state index in [1.54, 1.807) is 6.92 Å². The predicted octanol–water partition coefficient (Wildman–Crippen LogP) is 3.91. The molecular formula is C27H45NO5S. The number of carbonyl (C=O) groups is 1. The van der Waals surface area contributed by atoms with Crippen molar-refractivity contribution in [2.75, 3.05) is 19.8 Å². The van der Waals surface area contributed by atoms with Gasteiger partial charge in [0.05, 0.1) is 25.4 Å². The third-order valence-corrected chi connectivity index (χ3v) is 10.3. The second-order valence-corrected chi connectivity index (χ2v) is 12.4. The van der Waals surface area contributed by atoms with Crippen molar-refractivity contribution >= 4 is 23.2 Å². The fourth-order valence-corrected chi connectivity index (χ4v) is 7.68. The Morgan fingerprint density at radius 3 is 2.53 bits per heavy atom. The molecule has 0 saturated heterocycles. The van der Waals surface area contributed by atoms with E-state index in [1.807, 2.05) is 13.0 Å². The number of aliphatic hydroxyl groups excluding tert-OH is 3. The summed E-state index contributed by atoms with van der Waals surface area (Å²) in [6.45, 7) is 11.1. The fourth-order valence-electron chi connectivity index (χ4n) is 7.62. The summed E-state index contributed by atoms with van der Waals surface area (Å²) in [5.74, 6) is 0.00770. The SMILES string of the molecule is CCCC(=O)NCC1=CC(O)C2(CO)CCC3(C)C(C)(C)C(O)CCC3(COC(C)=S)C2CC1. The Labute approximate surface area is 210 Å². The first-order valence-corrected chi connectivity index (χ1v) is 13.4. The van der Waals surface area contributed by atoms with Gasteiger partial charge in [-0.15, -0.1) is 0 Å². The molecule has 4 N–H and O–H groups in total. The minimum Gasteiger partial charge on any atom is -0.487 e. The van der Waals surface area contributed by atoms with E-state index < -0.39 is 17.6 Å². The number of carbonyl (C=O) groups excluding carboxylic acids is 1. The van der Waals surface area contributed by atoms with Gasteiger partial charge in [0.2, 0.25) is 5.91 Å². The lowest BCUT2D eigenvalue weighted by Gasteiger charge is -2.70. The summed E-state index contributed by atoms with van der Waals surface area (Å²) in [4.78, 5) is 12.1. The van der Waals surface area contributed by atoms with Crippen LogP contribution >= 0.6 is 12.2 Å². The number of nitrogens with one attached hydrogen (secondary N) is 1. The quantitative estimate of drug-likeness (QED) is 0.316. The number of rotatable bonds is 7. The Morgan fingerprint density at radius 1 is 1.21 bits per heavy atom. The summed E-state index contributed by atoms with van der Waals surface area (Å²) in [7, 11) is 0. The smallest absolute Gasteiger partial charge is 0.220 e. The molecule has 3 aliphatic rings. The second-order valence-electron chi connectivity index (χ2n) is 11.8. The van der Waals surface area contributed by atoms with Gasteiger partial charge in [0.25, 0.3) is 0 Å². The van der Waals surface area contributed by atoms with Gasteiger partial charge in [-0.25, -0.2) is 0 Å². The summed E-state index contributed by atoms with van der Waals surface area (Å²) in [5, 5.41) is 36.9. The first-order valence-electron chi connectivity index (χ1n) is 13.0. The summed E-state index contributed by atoms with van der Waals surface area (Å²) in [6, 6.07) is 0. The zero-order valence-electron chi connectivity index (χ0n) is 21.7. The van der Waals surface area contributed by atoms with E-state index in [9.17, 15) is 20.1 Å². The molecule has 34 heavy (non-hydrogen) atoms.